The minimum Gasteiger partial charge on any atom is -0.484 e. The number of hydrogen-bond acceptors (Lipinski definition) is 4. The minimum atomic E-state index is -0.00197. The van der Waals surface area contributed by atoms with Crippen LogP contribution in [0.2, 0.25) is 0 Å². The van der Waals surface area contributed by atoms with Gasteiger partial charge in [-0.25, -0.2) is 0 Å². The van der Waals surface area contributed by atoms with Gasteiger partial charge in [-0.05, 0) is 54.8 Å². The zero-order chi connectivity index (χ0) is 18.4. The third-order valence-electron chi connectivity index (χ3n) is 4.58. The maximum atomic E-state index is 12.3. The van der Waals surface area contributed by atoms with E-state index in [4.69, 9.17) is 4.74 Å². The molecule has 1 aliphatic heterocycles. The van der Waals surface area contributed by atoms with Gasteiger partial charge < -0.3 is 15.0 Å². The second-order valence-electron chi connectivity index (χ2n) is 6.62. The maximum absolute atomic E-state index is 12.3. The van der Waals surface area contributed by atoms with Gasteiger partial charge in [0.1, 0.15) is 5.75 Å². The quantitative estimate of drug-likeness (QED) is 0.848. The molecule has 1 fully saturated rings. The van der Waals surface area contributed by atoms with Crippen molar-refractivity contribution in [3.63, 3.8) is 0 Å². The molecule has 1 aliphatic rings. The lowest BCUT2D eigenvalue weighted by atomic mass is 9.96. The van der Waals surface area contributed by atoms with Crippen molar-refractivity contribution in [2.24, 2.45) is 5.92 Å². The predicted octanol–water partition coefficient (Wildman–Crippen LogP) is 3.10. The molecule has 0 atom stereocenters. The standard InChI is InChI=1S/C20H24N2O3S/c1-15-11-18(26-14-15)20(24)21-12-16-7-9-22(10-8-16)19(23)13-25-17-5-3-2-4-6-17/h2-6,11,14,16H,7-10,12-13H2,1H3,(H,21,24). The van der Waals surface area contributed by atoms with E-state index in [0.29, 0.717) is 18.2 Å². The van der Waals surface area contributed by atoms with Crippen LogP contribution in [0.4, 0.5) is 0 Å². The van der Waals surface area contributed by atoms with E-state index < -0.39 is 0 Å². The van der Waals surface area contributed by atoms with E-state index in [0.717, 1.165) is 36.4 Å². The minimum absolute atomic E-state index is 0.00197. The first-order chi connectivity index (χ1) is 12.6. The third kappa shape index (κ3) is 5.08. The molecule has 2 amide bonds. The summed E-state index contributed by atoms with van der Waals surface area (Å²) in [4.78, 5) is 27.0. The maximum Gasteiger partial charge on any atom is 0.261 e. The normalized spacial score (nSPS) is 14.9. The smallest absolute Gasteiger partial charge is 0.261 e. The number of aryl methyl sites for hydroxylation is 1. The molecular formula is C20H24N2O3S. The number of ether oxygens (including phenoxy) is 1. The van der Waals surface area contributed by atoms with Gasteiger partial charge in [-0.2, -0.15) is 0 Å². The number of para-hydroxylation sites is 1. The van der Waals surface area contributed by atoms with Gasteiger partial charge in [-0.1, -0.05) is 18.2 Å². The summed E-state index contributed by atoms with van der Waals surface area (Å²) < 4.78 is 5.53. The van der Waals surface area contributed by atoms with Gasteiger partial charge >= 0.3 is 0 Å². The molecule has 0 spiro atoms. The van der Waals surface area contributed by atoms with Crippen LogP contribution < -0.4 is 10.1 Å². The molecule has 0 saturated carbocycles. The average molecular weight is 372 g/mol. The monoisotopic (exact) mass is 372 g/mol. The number of hydrogen-bond donors (Lipinski definition) is 1. The fourth-order valence-electron chi connectivity index (χ4n) is 3.01. The highest BCUT2D eigenvalue weighted by Crippen LogP contribution is 2.18. The Morgan fingerprint density at radius 3 is 2.62 bits per heavy atom. The van der Waals surface area contributed by atoms with Gasteiger partial charge in [0.2, 0.25) is 0 Å². The number of likely N-dealkylation sites (tertiary alicyclic amines) is 1. The first-order valence-electron chi connectivity index (χ1n) is 8.91. The van der Waals surface area contributed by atoms with Crippen LogP contribution in [0.5, 0.6) is 5.75 Å². The summed E-state index contributed by atoms with van der Waals surface area (Å²) in [5.41, 5.74) is 1.12. The first kappa shape index (κ1) is 18.5. The number of nitrogens with one attached hydrogen (secondary N) is 1. The summed E-state index contributed by atoms with van der Waals surface area (Å²) in [6.07, 6.45) is 1.81. The number of carbonyl (C=O) groups excluding carboxylic acids is 2. The lowest BCUT2D eigenvalue weighted by Gasteiger charge is -2.32. The van der Waals surface area contributed by atoms with Crippen molar-refractivity contribution in [3.8, 4) is 5.75 Å². The van der Waals surface area contributed by atoms with Crippen molar-refractivity contribution in [3.05, 3.63) is 52.2 Å². The van der Waals surface area contributed by atoms with E-state index in [2.05, 4.69) is 5.32 Å². The van der Waals surface area contributed by atoms with E-state index in [-0.39, 0.29) is 18.4 Å². The molecule has 5 nitrogen and oxygen atoms in total. The zero-order valence-corrected chi connectivity index (χ0v) is 15.8. The largest absolute Gasteiger partial charge is 0.484 e. The molecule has 1 aromatic carbocycles. The molecule has 26 heavy (non-hydrogen) atoms. The molecule has 1 aromatic heterocycles. The Kier molecular flexibility index (Phi) is 6.28. The Morgan fingerprint density at radius 1 is 1.23 bits per heavy atom. The summed E-state index contributed by atoms with van der Waals surface area (Å²) >= 11 is 1.47. The number of rotatable bonds is 6. The van der Waals surface area contributed by atoms with Gasteiger partial charge in [0.05, 0.1) is 4.88 Å². The summed E-state index contributed by atoms with van der Waals surface area (Å²) in [5.74, 6) is 1.14. The van der Waals surface area contributed by atoms with Crippen LogP contribution in [0.3, 0.4) is 0 Å². The van der Waals surface area contributed by atoms with E-state index >= 15 is 0 Å². The van der Waals surface area contributed by atoms with Gasteiger partial charge in [0.25, 0.3) is 11.8 Å². The van der Waals surface area contributed by atoms with Crippen LogP contribution in [0.25, 0.3) is 0 Å². The van der Waals surface area contributed by atoms with E-state index in [1.54, 1.807) is 0 Å². The zero-order valence-electron chi connectivity index (χ0n) is 14.9. The van der Waals surface area contributed by atoms with E-state index in [9.17, 15) is 9.59 Å². The molecule has 138 valence electrons. The van der Waals surface area contributed by atoms with Gasteiger partial charge in [0.15, 0.2) is 6.61 Å². The fraction of sp³-hybridized carbons (Fsp3) is 0.400. The molecule has 0 aliphatic carbocycles. The highest BCUT2D eigenvalue weighted by atomic mass is 32.1. The molecule has 1 N–H and O–H groups in total. The summed E-state index contributed by atoms with van der Waals surface area (Å²) in [7, 11) is 0. The van der Waals surface area contributed by atoms with Gasteiger partial charge in [0, 0.05) is 19.6 Å². The van der Waals surface area contributed by atoms with Gasteiger partial charge in [-0.3, -0.25) is 9.59 Å². The van der Waals surface area contributed by atoms with Crippen molar-refractivity contribution in [1.82, 2.24) is 10.2 Å². The number of carbonyl (C=O) groups is 2. The van der Waals surface area contributed by atoms with Crippen molar-refractivity contribution < 1.29 is 14.3 Å². The summed E-state index contributed by atoms with van der Waals surface area (Å²) in [6.45, 7) is 4.16. The van der Waals surface area contributed by atoms with E-state index in [1.165, 1.54) is 11.3 Å². The first-order valence-corrected chi connectivity index (χ1v) is 9.79. The van der Waals surface area contributed by atoms with Crippen LogP contribution in [0, 0.1) is 12.8 Å². The Hall–Kier alpha value is -2.34. The van der Waals surface area contributed by atoms with Crippen LogP contribution >= 0.6 is 11.3 Å². The number of amides is 2. The SMILES string of the molecule is Cc1csc(C(=O)NCC2CCN(C(=O)COc3ccccc3)CC2)c1. The van der Waals surface area contributed by atoms with Crippen molar-refractivity contribution in [1.29, 1.82) is 0 Å². The van der Waals surface area contributed by atoms with Crippen LogP contribution in [0.15, 0.2) is 41.8 Å². The topological polar surface area (TPSA) is 58.6 Å². The van der Waals surface area contributed by atoms with Crippen LogP contribution in [0.1, 0.15) is 28.1 Å². The second kappa shape index (κ2) is 8.85. The van der Waals surface area contributed by atoms with Crippen molar-refractivity contribution in [2.45, 2.75) is 19.8 Å². The lowest BCUT2D eigenvalue weighted by Crippen LogP contribution is -2.43. The Bertz CT molecular complexity index is 737. The molecule has 0 bridgehead atoms. The summed E-state index contributed by atoms with van der Waals surface area (Å²) in [5, 5.41) is 5.00. The number of benzene rings is 1. The predicted molar refractivity (Wildman–Crippen MR) is 103 cm³/mol. The highest BCUT2D eigenvalue weighted by Gasteiger charge is 2.23. The van der Waals surface area contributed by atoms with Crippen molar-refractivity contribution in [2.75, 3.05) is 26.2 Å². The molecule has 2 heterocycles. The van der Waals surface area contributed by atoms with E-state index in [1.807, 2.05) is 53.6 Å². The molecule has 0 radical (unpaired) electrons. The Balaban J connectivity index is 1.37. The summed E-state index contributed by atoms with van der Waals surface area (Å²) in [6, 6.07) is 11.3. The number of thiophene rings is 1. The molecular weight excluding hydrogens is 348 g/mol. The average Bonchev–Trinajstić information content (AvgIpc) is 3.12. The second-order valence-corrected chi connectivity index (χ2v) is 7.54. The Labute approximate surface area is 158 Å². The molecule has 0 unspecified atom stereocenters. The molecule has 6 heteroatoms. The highest BCUT2D eigenvalue weighted by molar-refractivity contribution is 7.12. The third-order valence-corrected chi connectivity index (χ3v) is 5.63. The van der Waals surface area contributed by atoms with Crippen LogP contribution in [-0.2, 0) is 4.79 Å². The fourth-order valence-corrected chi connectivity index (χ4v) is 3.83. The number of nitrogens with zero attached hydrogens (tertiary/aromatic N) is 1. The molecule has 3 rings (SSSR count). The lowest BCUT2D eigenvalue weighted by molar-refractivity contribution is -0.134. The molecule has 2 aromatic rings. The van der Waals surface area contributed by atoms with Crippen LogP contribution in [-0.4, -0.2) is 43.0 Å². The number of piperidine rings is 1. The van der Waals surface area contributed by atoms with Gasteiger partial charge in [-0.15, -0.1) is 11.3 Å². The van der Waals surface area contributed by atoms with Crippen molar-refractivity contribution >= 4 is 23.2 Å². The molecule has 1 saturated heterocycles. The Morgan fingerprint density at radius 2 is 1.96 bits per heavy atom.